The zero-order valence-corrected chi connectivity index (χ0v) is 14.5. The Bertz CT molecular complexity index is 870. The third-order valence-electron chi connectivity index (χ3n) is 4.52. The van der Waals surface area contributed by atoms with Crippen LogP contribution in [0.25, 0.3) is 11.0 Å². The van der Waals surface area contributed by atoms with Crippen molar-refractivity contribution in [2.24, 2.45) is 0 Å². The molecule has 0 unspecified atom stereocenters. The number of nitrogens with zero attached hydrogens (tertiary/aromatic N) is 7. The first-order valence-corrected chi connectivity index (χ1v) is 8.34. The lowest BCUT2D eigenvalue weighted by molar-refractivity contribution is 0.312. The molecule has 3 aromatic rings. The normalized spacial score (nSPS) is 15.7. The molecular weight excluding hydrogens is 318 g/mol. The van der Waals surface area contributed by atoms with Crippen molar-refractivity contribution in [2.45, 2.75) is 6.54 Å². The molecule has 8 nitrogen and oxygen atoms in total. The number of hydrogen-bond acceptors (Lipinski definition) is 7. The van der Waals surface area contributed by atoms with E-state index in [-0.39, 0.29) is 0 Å². The summed E-state index contributed by atoms with van der Waals surface area (Å²) in [7, 11) is 3.76. The second-order valence-electron chi connectivity index (χ2n) is 6.20. The number of pyridine rings is 1. The van der Waals surface area contributed by atoms with Gasteiger partial charge < -0.3 is 14.5 Å². The Morgan fingerprint density at radius 1 is 1.12 bits per heavy atom. The van der Waals surface area contributed by atoms with E-state index in [2.05, 4.69) is 36.9 Å². The summed E-state index contributed by atoms with van der Waals surface area (Å²) in [5, 5.41) is 5.49. The topological polar surface area (TPSA) is 72.2 Å². The number of likely N-dealkylation sites (N-methyl/N-ethyl adjacent to an activating group) is 1. The minimum atomic E-state index is 0.542. The number of fused-ring (bicyclic) bond motifs is 1. The van der Waals surface area contributed by atoms with Crippen LogP contribution in [0.1, 0.15) is 5.69 Å². The molecule has 0 aromatic carbocycles. The van der Waals surface area contributed by atoms with Crippen LogP contribution in [-0.4, -0.2) is 70.0 Å². The molecule has 1 fully saturated rings. The van der Waals surface area contributed by atoms with E-state index in [1.807, 2.05) is 29.1 Å². The minimum absolute atomic E-state index is 0.542. The zero-order chi connectivity index (χ0) is 17.2. The Morgan fingerprint density at radius 3 is 2.76 bits per heavy atom. The molecule has 0 aliphatic carbocycles. The largest absolute Gasteiger partial charge is 0.481 e. The maximum Gasteiger partial charge on any atom is 0.213 e. The number of methoxy groups -OCH3 is 1. The predicted octanol–water partition coefficient (Wildman–Crippen LogP) is 1.03. The third kappa shape index (κ3) is 3.12. The standard InChI is InChI=1S/C17H21N7O/c1-22-6-8-23(9-7-22)16-14-10-20-24(17(14)19-12-18-16)11-13-4-3-5-15(21-13)25-2/h3-5,10,12H,6-9,11H2,1-2H3. The van der Waals surface area contributed by atoms with E-state index in [0.29, 0.717) is 12.4 Å². The fourth-order valence-corrected chi connectivity index (χ4v) is 3.08. The molecule has 1 saturated heterocycles. The number of piperazine rings is 1. The van der Waals surface area contributed by atoms with Gasteiger partial charge in [0.2, 0.25) is 5.88 Å². The Kier molecular flexibility index (Phi) is 4.19. The summed E-state index contributed by atoms with van der Waals surface area (Å²) in [5.74, 6) is 1.56. The van der Waals surface area contributed by atoms with Gasteiger partial charge in [-0.1, -0.05) is 6.07 Å². The number of rotatable bonds is 4. The Balaban J connectivity index is 1.64. The van der Waals surface area contributed by atoms with E-state index < -0.39 is 0 Å². The van der Waals surface area contributed by atoms with Gasteiger partial charge in [0.25, 0.3) is 0 Å². The van der Waals surface area contributed by atoms with Crippen molar-refractivity contribution in [2.75, 3.05) is 45.2 Å². The Labute approximate surface area is 146 Å². The summed E-state index contributed by atoms with van der Waals surface area (Å²) in [6.45, 7) is 4.54. The number of anilines is 1. The molecule has 0 amide bonds. The molecule has 130 valence electrons. The molecule has 0 radical (unpaired) electrons. The average Bonchev–Trinajstić information content (AvgIpc) is 3.06. The maximum atomic E-state index is 5.19. The molecule has 3 aromatic heterocycles. The monoisotopic (exact) mass is 339 g/mol. The highest BCUT2D eigenvalue weighted by molar-refractivity contribution is 5.86. The lowest BCUT2D eigenvalue weighted by Gasteiger charge is -2.33. The highest BCUT2D eigenvalue weighted by Crippen LogP contribution is 2.24. The summed E-state index contributed by atoms with van der Waals surface area (Å²) >= 11 is 0. The molecule has 8 heteroatoms. The summed E-state index contributed by atoms with van der Waals surface area (Å²) in [5.41, 5.74) is 1.71. The number of ether oxygens (including phenoxy) is 1. The van der Waals surface area contributed by atoms with Crippen molar-refractivity contribution in [3.8, 4) is 5.88 Å². The third-order valence-corrected chi connectivity index (χ3v) is 4.52. The molecule has 0 spiro atoms. The van der Waals surface area contributed by atoms with Gasteiger partial charge in [0.05, 0.1) is 30.9 Å². The van der Waals surface area contributed by atoms with Gasteiger partial charge in [-0.25, -0.2) is 19.6 Å². The van der Waals surface area contributed by atoms with Gasteiger partial charge in [-0.3, -0.25) is 0 Å². The fraction of sp³-hybridized carbons (Fsp3) is 0.412. The molecule has 4 rings (SSSR count). The molecule has 0 atom stereocenters. The van der Waals surface area contributed by atoms with Gasteiger partial charge in [-0.15, -0.1) is 0 Å². The van der Waals surface area contributed by atoms with Crippen molar-refractivity contribution in [3.05, 3.63) is 36.4 Å². The van der Waals surface area contributed by atoms with Gasteiger partial charge in [-0.05, 0) is 13.1 Å². The van der Waals surface area contributed by atoms with Crippen molar-refractivity contribution in [1.29, 1.82) is 0 Å². The van der Waals surface area contributed by atoms with Gasteiger partial charge in [0.15, 0.2) is 5.65 Å². The van der Waals surface area contributed by atoms with Gasteiger partial charge in [0.1, 0.15) is 12.1 Å². The van der Waals surface area contributed by atoms with Crippen LogP contribution >= 0.6 is 0 Å². The van der Waals surface area contributed by atoms with Gasteiger partial charge >= 0.3 is 0 Å². The van der Waals surface area contributed by atoms with Crippen molar-refractivity contribution in [3.63, 3.8) is 0 Å². The maximum absolute atomic E-state index is 5.19. The van der Waals surface area contributed by atoms with E-state index in [4.69, 9.17) is 4.74 Å². The van der Waals surface area contributed by atoms with E-state index in [1.165, 1.54) is 0 Å². The molecule has 0 bridgehead atoms. The van der Waals surface area contributed by atoms with Crippen LogP contribution in [0.3, 0.4) is 0 Å². The first-order valence-electron chi connectivity index (χ1n) is 8.34. The van der Waals surface area contributed by atoms with Crippen LogP contribution in [0.15, 0.2) is 30.7 Å². The first kappa shape index (κ1) is 15.8. The van der Waals surface area contributed by atoms with E-state index in [1.54, 1.807) is 13.4 Å². The Morgan fingerprint density at radius 2 is 1.96 bits per heavy atom. The quantitative estimate of drug-likeness (QED) is 0.703. The summed E-state index contributed by atoms with van der Waals surface area (Å²) in [6.07, 6.45) is 3.47. The average molecular weight is 339 g/mol. The zero-order valence-electron chi connectivity index (χ0n) is 14.5. The van der Waals surface area contributed by atoms with Crippen LogP contribution in [-0.2, 0) is 6.54 Å². The highest BCUT2D eigenvalue weighted by Gasteiger charge is 2.19. The lowest BCUT2D eigenvalue weighted by Crippen LogP contribution is -2.44. The lowest BCUT2D eigenvalue weighted by atomic mass is 10.3. The molecule has 4 heterocycles. The minimum Gasteiger partial charge on any atom is -0.481 e. The molecule has 0 saturated carbocycles. The fourth-order valence-electron chi connectivity index (χ4n) is 3.08. The predicted molar refractivity (Wildman–Crippen MR) is 94.9 cm³/mol. The summed E-state index contributed by atoms with van der Waals surface area (Å²) < 4.78 is 7.05. The smallest absolute Gasteiger partial charge is 0.213 e. The van der Waals surface area contributed by atoms with Crippen molar-refractivity contribution in [1.82, 2.24) is 29.6 Å². The van der Waals surface area contributed by atoms with Crippen LogP contribution in [0.4, 0.5) is 5.82 Å². The van der Waals surface area contributed by atoms with Crippen LogP contribution in [0.2, 0.25) is 0 Å². The van der Waals surface area contributed by atoms with Crippen LogP contribution < -0.4 is 9.64 Å². The molecular formula is C17H21N7O. The highest BCUT2D eigenvalue weighted by atomic mass is 16.5. The molecule has 0 N–H and O–H groups in total. The summed E-state index contributed by atoms with van der Waals surface area (Å²) in [6, 6.07) is 5.72. The first-order chi connectivity index (χ1) is 12.2. The van der Waals surface area contributed by atoms with E-state index >= 15 is 0 Å². The van der Waals surface area contributed by atoms with Gasteiger partial charge in [-0.2, -0.15) is 5.10 Å². The number of aromatic nitrogens is 5. The van der Waals surface area contributed by atoms with Gasteiger partial charge in [0, 0.05) is 32.2 Å². The SMILES string of the molecule is COc1cccc(Cn2ncc3c(N4CCN(C)CC4)ncnc32)n1. The van der Waals surface area contributed by atoms with Crippen molar-refractivity contribution < 1.29 is 4.74 Å². The molecule has 1 aliphatic heterocycles. The van der Waals surface area contributed by atoms with Crippen molar-refractivity contribution >= 4 is 16.9 Å². The van der Waals surface area contributed by atoms with Crippen LogP contribution in [0, 0.1) is 0 Å². The van der Waals surface area contributed by atoms with E-state index in [9.17, 15) is 0 Å². The van der Waals surface area contributed by atoms with E-state index in [0.717, 1.165) is 48.7 Å². The second kappa shape index (κ2) is 6.64. The second-order valence-corrected chi connectivity index (χ2v) is 6.20. The number of hydrogen-bond donors (Lipinski definition) is 0. The summed E-state index contributed by atoms with van der Waals surface area (Å²) in [4.78, 5) is 18.0. The molecule has 25 heavy (non-hydrogen) atoms. The van der Waals surface area contributed by atoms with Crippen LogP contribution in [0.5, 0.6) is 5.88 Å². The molecule has 1 aliphatic rings. The Hall–Kier alpha value is -2.74.